The summed E-state index contributed by atoms with van der Waals surface area (Å²) in [5, 5.41) is 2.59. The van der Waals surface area contributed by atoms with Crippen molar-refractivity contribution in [3.8, 4) is 11.5 Å². The van der Waals surface area contributed by atoms with Crippen molar-refractivity contribution in [1.29, 1.82) is 0 Å². The maximum Gasteiger partial charge on any atom is 0.255 e. The second-order valence-corrected chi connectivity index (χ2v) is 6.24. The molecule has 3 aromatic carbocycles. The highest BCUT2D eigenvalue weighted by Gasteiger charge is 2.13. The van der Waals surface area contributed by atoms with Crippen molar-refractivity contribution in [2.75, 3.05) is 11.9 Å². The number of para-hydroxylation sites is 2. The number of hydrogen-bond donors (Lipinski definition) is 1. The lowest BCUT2D eigenvalue weighted by Gasteiger charge is -2.14. The van der Waals surface area contributed by atoms with Crippen LogP contribution in [0.4, 0.5) is 10.1 Å². The van der Waals surface area contributed by atoms with Crippen LogP contribution in [0.15, 0.2) is 66.7 Å². The van der Waals surface area contributed by atoms with Crippen molar-refractivity contribution in [3.05, 3.63) is 89.2 Å². The molecule has 0 saturated carbocycles. The Kier molecular flexibility index (Phi) is 6.27. The molecule has 0 radical (unpaired) electrons. The molecule has 0 spiro atoms. The number of aryl methyl sites for hydroxylation is 1. The predicted molar refractivity (Wildman–Crippen MR) is 107 cm³/mol. The van der Waals surface area contributed by atoms with Gasteiger partial charge in [-0.3, -0.25) is 4.79 Å². The van der Waals surface area contributed by atoms with Gasteiger partial charge in [-0.05, 0) is 55.8 Å². The zero-order valence-electron chi connectivity index (χ0n) is 15.9. The lowest BCUT2D eigenvalue weighted by atomic mass is 10.1. The van der Waals surface area contributed by atoms with Crippen LogP contribution in [0.1, 0.15) is 28.4 Å². The topological polar surface area (TPSA) is 47.6 Å². The van der Waals surface area contributed by atoms with Crippen molar-refractivity contribution in [3.63, 3.8) is 0 Å². The molecule has 0 aliphatic heterocycles. The Hall–Kier alpha value is -3.34. The molecule has 0 aromatic heterocycles. The second-order valence-electron chi connectivity index (χ2n) is 6.24. The molecular weight excluding hydrogens is 357 g/mol. The smallest absolute Gasteiger partial charge is 0.255 e. The third-order valence-corrected chi connectivity index (χ3v) is 4.22. The summed E-state index contributed by atoms with van der Waals surface area (Å²) in [4.78, 5) is 12.6. The fraction of sp³-hybridized carbons (Fsp3) is 0.174. The minimum atomic E-state index is -0.482. The molecule has 0 aliphatic carbocycles. The first-order valence-electron chi connectivity index (χ1n) is 9.08. The van der Waals surface area contributed by atoms with Gasteiger partial charge in [0.15, 0.2) is 0 Å². The van der Waals surface area contributed by atoms with E-state index in [2.05, 4.69) is 5.32 Å². The fourth-order valence-electron chi connectivity index (χ4n) is 2.76. The van der Waals surface area contributed by atoms with E-state index >= 15 is 0 Å². The van der Waals surface area contributed by atoms with E-state index in [0.717, 1.165) is 16.9 Å². The normalized spacial score (nSPS) is 10.4. The molecule has 0 aliphatic rings. The predicted octanol–water partition coefficient (Wildman–Crippen LogP) is 5.36. The Bertz CT molecular complexity index is 972. The summed E-state index contributed by atoms with van der Waals surface area (Å²) in [5.74, 6) is 0.542. The standard InChI is InChI=1S/C23H22FNO3/c1-3-27-22-13-12-17(23(26)25-20-10-6-5-9-19(20)24)14-18(22)15-28-21-11-7-4-8-16(21)2/h4-14H,3,15H2,1-2H3,(H,25,26). The van der Waals surface area contributed by atoms with E-state index in [9.17, 15) is 9.18 Å². The summed E-state index contributed by atoms with van der Waals surface area (Å²) in [6.45, 7) is 4.61. The van der Waals surface area contributed by atoms with Gasteiger partial charge in [0, 0.05) is 11.1 Å². The Morgan fingerprint density at radius 1 is 0.964 bits per heavy atom. The first-order valence-corrected chi connectivity index (χ1v) is 9.08. The Morgan fingerprint density at radius 2 is 1.71 bits per heavy atom. The van der Waals surface area contributed by atoms with Crippen molar-refractivity contribution >= 4 is 11.6 Å². The molecule has 28 heavy (non-hydrogen) atoms. The van der Waals surface area contributed by atoms with Crippen LogP contribution in [-0.2, 0) is 6.61 Å². The van der Waals surface area contributed by atoms with E-state index in [1.54, 1.807) is 30.3 Å². The van der Waals surface area contributed by atoms with Crippen LogP contribution in [0.5, 0.6) is 11.5 Å². The van der Waals surface area contributed by atoms with Crippen LogP contribution < -0.4 is 14.8 Å². The molecule has 0 unspecified atom stereocenters. The van der Waals surface area contributed by atoms with Gasteiger partial charge in [0.2, 0.25) is 0 Å². The van der Waals surface area contributed by atoms with Crippen molar-refractivity contribution in [1.82, 2.24) is 0 Å². The quantitative estimate of drug-likeness (QED) is 0.601. The van der Waals surface area contributed by atoms with E-state index in [4.69, 9.17) is 9.47 Å². The SMILES string of the molecule is CCOc1ccc(C(=O)Nc2ccccc2F)cc1COc1ccccc1C. The van der Waals surface area contributed by atoms with Crippen LogP contribution in [0.25, 0.3) is 0 Å². The lowest BCUT2D eigenvalue weighted by Crippen LogP contribution is -2.14. The summed E-state index contributed by atoms with van der Waals surface area (Å²) < 4.78 is 25.4. The molecule has 0 atom stereocenters. The molecule has 1 N–H and O–H groups in total. The minimum absolute atomic E-state index is 0.138. The van der Waals surface area contributed by atoms with E-state index in [1.807, 2.05) is 38.1 Å². The van der Waals surface area contributed by atoms with Gasteiger partial charge in [0.05, 0.1) is 12.3 Å². The average molecular weight is 379 g/mol. The van der Waals surface area contributed by atoms with Gasteiger partial charge in [-0.1, -0.05) is 30.3 Å². The average Bonchev–Trinajstić information content (AvgIpc) is 2.70. The molecule has 4 nitrogen and oxygen atoms in total. The number of amides is 1. The van der Waals surface area contributed by atoms with Crippen LogP contribution in [-0.4, -0.2) is 12.5 Å². The number of carbonyl (C=O) groups is 1. The molecule has 0 saturated heterocycles. The minimum Gasteiger partial charge on any atom is -0.493 e. The Balaban J connectivity index is 1.81. The highest BCUT2D eigenvalue weighted by molar-refractivity contribution is 6.04. The molecule has 3 rings (SSSR count). The maximum absolute atomic E-state index is 13.8. The zero-order valence-corrected chi connectivity index (χ0v) is 15.9. The Morgan fingerprint density at radius 3 is 2.46 bits per heavy atom. The summed E-state index contributed by atoms with van der Waals surface area (Å²) in [7, 11) is 0. The third kappa shape index (κ3) is 4.68. The second kappa shape index (κ2) is 9.04. The van der Waals surface area contributed by atoms with E-state index in [-0.39, 0.29) is 12.3 Å². The number of halogens is 1. The van der Waals surface area contributed by atoms with Gasteiger partial charge in [0.25, 0.3) is 5.91 Å². The molecule has 1 amide bonds. The fourth-order valence-corrected chi connectivity index (χ4v) is 2.76. The summed E-state index contributed by atoms with van der Waals surface area (Å²) in [6, 6.07) is 18.9. The molecule has 0 bridgehead atoms. The van der Waals surface area contributed by atoms with E-state index < -0.39 is 11.7 Å². The number of ether oxygens (including phenoxy) is 2. The van der Waals surface area contributed by atoms with Gasteiger partial charge >= 0.3 is 0 Å². The summed E-state index contributed by atoms with van der Waals surface area (Å²) in [6.07, 6.45) is 0. The van der Waals surface area contributed by atoms with Crippen LogP contribution >= 0.6 is 0 Å². The summed E-state index contributed by atoms with van der Waals surface area (Å²) >= 11 is 0. The lowest BCUT2D eigenvalue weighted by molar-refractivity contribution is 0.102. The summed E-state index contributed by atoms with van der Waals surface area (Å²) in [5.41, 5.74) is 2.30. The highest BCUT2D eigenvalue weighted by Crippen LogP contribution is 2.25. The zero-order chi connectivity index (χ0) is 19.9. The molecule has 0 heterocycles. The van der Waals surface area contributed by atoms with Crippen molar-refractivity contribution in [2.45, 2.75) is 20.5 Å². The van der Waals surface area contributed by atoms with Gasteiger partial charge in [-0.25, -0.2) is 4.39 Å². The van der Waals surface area contributed by atoms with E-state index in [1.165, 1.54) is 12.1 Å². The molecule has 0 fully saturated rings. The first-order chi connectivity index (χ1) is 13.6. The van der Waals surface area contributed by atoms with E-state index in [0.29, 0.717) is 17.9 Å². The van der Waals surface area contributed by atoms with Gasteiger partial charge < -0.3 is 14.8 Å². The number of rotatable bonds is 7. The number of nitrogens with one attached hydrogen (secondary N) is 1. The molecule has 3 aromatic rings. The van der Waals surface area contributed by atoms with Crippen molar-refractivity contribution in [2.24, 2.45) is 0 Å². The number of carbonyl (C=O) groups excluding carboxylic acids is 1. The number of benzene rings is 3. The number of hydrogen-bond acceptors (Lipinski definition) is 3. The third-order valence-electron chi connectivity index (χ3n) is 4.22. The molecule has 144 valence electrons. The number of anilines is 1. The van der Waals surface area contributed by atoms with Gasteiger partial charge in [0.1, 0.15) is 23.9 Å². The van der Waals surface area contributed by atoms with Gasteiger partial charge in [-0.15, -0.1) is 0 Å². The largest absolute Gasteiger partial charge is 0.493 e. The monoisotopic (exact) mass is 379 g/mol. The Labute approximate surface area is 163 Å². The van der Waals surface area contributed by atoms with Crippen LogP contribution in [0, 0.1) is 12.7 Å². The maximum atomic E-state index is 13.8. The van der Waals surface area contributed by atoms with Crippen molar-refractivity contribution < 1.29 is 18.7 Å². The highest BCUT2D eigenvalue weighted by atomic mass is 19.1. The first kappa shape index (κ1) is 19.4. The van der Waals surface area contributed by atoms with Crippen LogP contribution in [0.2, 0.25) is 0 Å². The van der Waals surface area contributed by atoms with Crippen LogP contribution in [0.3, 0.4) is 0 Å². The van der Waals surface area contributed by atoms with Gasteiger partial charge in [-0.2, -0.15) is 0 Å². The molecule has 5 heteroatoms. The molecular formula is C23H22FNO3.